The highest BCUT2D eigenvalue weighted by Crippen LogP contribution is 2.32. The average molecular weight is 347 g/mol. The van der Waals surface area contributed by atoms with Crippen molar-refractivity contribution in [2.75, 3.05) is 0 Å². The number of hydrogen-bond acceptors (Lipinski definition) is 4. The lowest BCUT2D eigenvalue weighted by molar-refractivity contribution is 0.824. The molecule has 0 aliphatic carbocycles. The van der Waals surface area contributed by atoms with Crippen LogP contribution in [0.15, 0.2) is 67.4 Å². The van der Waals surface area contributed by atoms with Crippen LogP contribution in [-0.2, 0) is 0 Å². The molecule has 0 unspecified atom stereocenters. The summed E-state index contributed by atoms with van der Waals surface area (Å²) in [6, 6.07) is 15.8. The highest BCUT2D eigenvalue weighted by molar-refractivity contribution is 6.31. The van der Waals surface area contributed by atoms with E-state index in [1.807, 2.05) is 34.9 Å². The summed E-state index contributed by atoms with van der Waals surface area (Å²) in [7, 11) is 0. The van der Waals surface area contributed by atoms with Crippen LogP contribution in [0.2, 0.25) is 5.02 Å². The van der Waals surface area contributed by atoms with E-state index in [1.54, 1.807) is 23.3 Å². The Hall–Kier alpha value is -3.25. The molecule has 0 N–H and O–H groups in total. The average Bonchev–Trinajstić information content (AvgIpc) is 3.28. The minimum atomic E-state index is 0.557. The molecule has 0 spiro atoms. The molecule has 3 aromatic heterocycles. The van der Waals surface area contributed by atoms with Gasteiger partial charge in [-0.2, -0.15) is 10.1 Å². The topological polar surface area (TPSA) is 61.4 Å². The number of rotatable bonds is 2. The molecule has 0 aliphatic rings. The number of aromatic nitrogens is 6. The first-order valence-electron chi connectivity index (χ1n) is 7.68. The van der Waals surface area contributed by atoms with E-state index in [-0.39, 0.29) is 0 Å². The molecule has 5 aromatic rings. The number of para-hydroxylation sites is 1. The van der Waals surface area contributed by atoms with E-state index in [9.17, 15) is 0 Å². The molecule has 0 radical (unpaired) electrons. The predicted molar refractivity (Wildman–Crippen MR) is 96.3 cm³/mol. The molecular weight excluding hydrogens is 336 g/mol. The first-order chi connectivity index (χ1) is 12.3. The van der Waals surface area contributed by atoms with Crippen molar-refractivity contribution in [2.24, 2.45) is 0 Å². The highest BCUT2D eigenvalue weighted by Gasteiger charge is 2.14. The molecular formula is C18H11ClN6. The summed E-state index contributed by atoms with van der Waals surface area (Å²) < 4.78 is 3.61. The summed E-state index contributed by atoms with van der Waals surface area (Å²) in [5.74, 6) is 1.21. The van der Waals surface area contributed by atoms with Crippen molar-refractivity contribution >= 4 is 33.4 Å². The second-order valence-electron chi connectivity index (χ2n) is 5.57. The van der Waals surface area contributed by atoms with Crippen LogP contribution < -0.4 is 0 Å². The van der Waals surface area contributed by atoms with Crippen LogP contribution in [0.5, 0.6) is 0 Å². The van der Waals surface area contributed by atoms with Gasteiger partial charge in [-0.25, -0.2) is 14.6 Å². The number of benzene rings is 2. The summed E-state index contributed by atoms with van der Waals surface area (Å²) in [6.45, 7) is 0. The maximum Gasteiger partial charge on any atom is 0.236 e. The zero-order valence-electron chi connectivity index (χ0n) is 12.9. The van der Waals surface area contributed by atoms with Crippen molar-refractivity contribution in [3.63, 3.8) is 0 Å². The van der Waals surface area contributed by atoms with E-state index in [2.05, 4.69) is 32.2 Å². The maximum absolute atomic E-state index is 6.24. The fourth-order valence-corrected chi connectivity index (χ4v) is 3.23. The monoisotopic (exact) mass is 346 g/mol. The van der Waals surface area contributed by atoms with Gasteiger partial charge >= 0.3 is 0 Å². The van der Waals surface area contributed by atoms with Gasteiger partial charge in [-0.15, -0.1) is 0 Å². The molecule has 0 saturated heterocycles. The summed E-state index contributed by atoms with van der Waals surface area (Å²) in [5, 5.41) is 7.04. The molecule has 6 nitrogen and oxygen atoms in total. The summed E-state index contributed by atoms with van der Waals surface area (Å²) in [6.07, 6.45) is 4.79. The van der Waals surface area contributed by atoms with Crippen LogP contribution in [0, 0.1) is 0 Å². The summed E-state index contributed by atoms with van der Waals surface area (Å²) >= 11 is 6.24. The predicted octanol–water partition coefficient (Wildman–Crippen LogP) is 3.81. The van der Waals surface area contributed by atoms with Crippen molar-refractivity contribution in [3.8, 4) is 11.8 Å². The molecule has 0 atom stereocenters. The largest absolute Gasteiger partial charge is 0.278 e. The molecule has 5 rings (SSSR count). The third-order valence-electron chi connectivity index (χ3n) is 4.12. The molecule has 120 valence electrons. The minimum Gasteiger partial charge on any atom is -0.278 e. The summed E-state index contributed by atoms with van der Waals surface area (Å²) in [4.78, 5) is 13.1. The second kappa shape index (κ2) is 5.39. The van der Waals surface area contributed by atoms with Crippen molar-refractivity contribution in [1.29, 1.82) is 0 Å². The SMILES string of the molecule is Clc1ccc2c3ccccc3n(-c3nccc(-n4cncn4)n3)c2c1. The Morgan fingerprint density at radius 3 is 2.68 bits per heavy atom. The van der Waals surface area contributed by atoms with Gasteiger partial charge < -0.3 is 0 Å². The second-order valence-corrected chi connectivity index (χ2v) is 6.01. The van der Waals surface area contributed by atoms with E-state index in [0.717, 1.165) is 21.8 Å². The Morgan fingerprint density at radius 2 is 1.80 bits per heavy atom. The van der Waals surface area contributed by atoms with Crippen molar-refractivity contribution in [3.05, 3.63) is 72.4 Å². The molecule has 0 bridgehead atoms. The quantitative estimate of drug-likeness (QED) is 0.487. The van der Waals surface area contributed by atoms with E-state index < -0.39 is 0 Å². The zero-order chi connectivity index (χ0) is 16.8. The van der Waals surface area contributed by atoms with Crippen molar-refractivity contribution in [2.45, 2.75) is 0 Å². The van der Waals surface area contributed by atoms with Gasteiger partial charge in [0.2, 0.25) is 5.95 Å². The van der Waals surface area contributed by atoms with Crippen LogP contribution in [0.1, 0.15) is 0 Å². The van der Waals surface area contributed by atoms with Gasteiger partial charge in [-0.1, -0.05) is 35.9 Å². The number of hydrogen-bond donors (Lipinski definition) is 0. The van der Waals surface area contributed by atoms with Gasteiger partial charge in [0.15, 0.2) is 5.82 Å². The van der Waals surface area contributed by atoms with Crippen molar-refractivity contribution in [1.82, 2.24) is 29.3 Å². The van der Waals surface area contributed by atoms with Crippen LogP contribution in [0.3, 0.4) is 0 Å². The first kappa shape index (κ1) is 14.1. The Balaban J connectivity index is 1.85. The Morgan fingerprint density at radius 1 is 0.920 bits per heavy atom. The molecule has 7 heteroatoms. The van der Waals surface area contributed by atoms with E-state index in [0.29, 0.717) is 16.8 Å². The molecule has 25 heavy (non-hydrogen) atoms. The third-order valence-corrected chi connectivity index (χ3v) is 4.35. The normalized spacial score (nSPS) is 11.4. The molecule has 0 saturated carbocycles. The smallest absolute Gasteiger partial charge is 0.236 e. The first-order valence-corrected chi connectivity index (χ1v) is 8.06. The molecule has 0 fully saturated rings. The van der Waals surface area contributed by atoms with Crippen LogP contribution in [0.4, 0.5) is 0 Å². The molecule has 0 amide bonds. The lowest BCUT2D eigenvalue weighted by Gasteiger charge is -2.07. The van der Waals surface area contributed by atoms with Crippen LogP contribution >= 0.6 is 11.6 Å². The highest BCUT2D eigenvalue weighted by atomic mass is 35.5. The van der Waals surface area contributed by atoms with Gasteiger partial charge in [0, 0.05) is 28.1 Å². The Bertz CT molecular complexity index is 1210. The number of halogens is 1. The lowest BCUT2D eigenvalue weighted by Crippen LogP contribution is -2.05. The summed E-state index contributed by atoms with van der Waals surface area (Å²) in [5.41, 5.74) is 1.99. The van der Waals surface area contributed by atoms with Crippen LogP contribution in [0.25, 0.3) is 33.6 Å². The fourth-order valence-electron chi connectivity index (χ4n) is 3.06. The number of fused-ring (bicyclic) bond motifs is 3. The third kappa shape index (κ3) is 2.19. The standard InChI is InChI=1S/C18H11ClN6/c19-12-5-6-14-13-3-1-2-4-15(13)25(16(14)9-12)18-21-8-7-17(23-18)24-11-20-10-22-24/h1-11H. The van der Waals surface area contributed by atoms with Crippen LogP contribution in [-0.4, -0.2) is 29.3 Å². The molecule has 2 aromatic carbocycles. The van der Waals surface area contributed by atoms with E-state index in [4.69, 9.17) is 11.6 Å². The zero-order valence-corrected chi connectivity index (χ0v) is 13.7. The van der Waals surface area contributed by atoms with E-state index in [1.165, 1.54) is 6.33 Å². The minimum absolute atomic E-state index is 0.557. The Labute approximate surface area is 147 Å². The Kier molecular flexibility index (Phi) is 3.05. The molecule has 3 heterocycles. The lowest BCUT2D eigenvalue weighted by atomic mass is 10.2. The van der Waals surface area contributed by atoms with E-state index >= 15 is 0 Å². The van der Waals surface area contributed by atoms with Gasteiger partial charge in [0.1, 0.15) is 12.7 Å². The van der Waals surface area contributed by atoms with Gasteiger partial charge in [0.05, 0.1) is 11.0 Å². The van der Waals surface area contributed by atoms with Crippen molar-refractivity contribution < 1.29 is 0 Å². The van der Waals surface area contributed by atoms with Gasteiger partial charge in [-0.05, 0) is 18.2 Å². The molecule has 0 aliphatic heterocycles. The number of nitrogens with zero attached hydrogens (tertiary/aromatic N) is 6. The van der Waals surface area contributed by atoms with Gasteiger partial charge in [-0.3, -0.25) is 4.57 Å². The van der Waals surface area contributed by atoms with Gasteiger partial charge in [0.25, 0.3) is 0 Å². The maximum atomic E-state index is 6.24. The fraction of sp³-hybridized carbons (Fsp3) is 0.